The smallest absolute Gasteiger partial charge is 0.279 e. The van der Waals surface area contributed by atoms with Gasteiger partial charge in [0.05, 0.1) is 40.1 Å². The van der Waals surface area contributed by atoms with E-state index in [4.69, 9.17) is 9.47 Å². The number of amides is 2. The van der Waals surface area contributed by atoms with Gasteiger partial charge in [0.25, 0.3) is 11.8 Å². The first-order chi connectivity index (χ1) is 17.8. The number of carbonyl (C=O) groups is 2. The Morgan fingerprint density at radius 3 is 2.51 bits per heavy atom. The molecule has 4 aromatic rings. The first-order valence-corrected chi connectivity index (χ1v) is 13.3. The van der Waals surface area contributed by atoms with Crippen LogP contribution in [0.1, 0.15) is 22.2 Å². The van der Waals surface area contributed by atoms with E-state index >= 15 is 0 Å². The normalized spacial score (nSPS) is 11.6. The predicted octanol–water partition coefficient (Wildman–Crippen LogP) is 4.67. The molecule has 11 heteroatoms. The third-order valence-electron chi connectivity index (χ3n) is 5.44. The van der Waals surface area contributed by atoms with Crippen LogP contribution in [0.5, 0.6) is 11.5 Å². The summed E-state index contributed by atoms with van der Waals surface area (Å²) in [5.41, 5.74) is 8.04. The highest BCUT2D eigenvalue weighted by Gasteiger charge is 2.20. The lowest BCUT2D eigenvalue weighted by atomic mass is 10.1. The molecule has 0 radical (unpaired) electrons. The molecule has 0 saturated heterocycles. The number of hydrazine groups is 1. The molecular weight excluding hydrogens is 527 g/mol. The number of fused-ring (bicyclic) bond motifs is 1. The molecule has 190 valence electrons. The van der Waals surface area contributed by atoms with Crippen molar-refractivity contribution in [3.63, 3.8) is 0 Å². The first-order valence-electron chi connectivity index (χ1n) is 11.0. The van der Waals surface area contributed by atoms with Crippen LogP contribution in [-0.4, -0.2) is 35.6 Å². The highest BCUT2D eigenvalue weighted by molar-refractivity contribution is 8.12. The van der Waals surface area contributed by atoms with E-state index in [2.05, 4.69) is 31.7 Å². The van der Waals surface area contributed by atoms with Gasteiger partial charge < -0.3 is 9.47 Å². The average molecular weight is 553 g/mol. The van der Waals surface area contributed by atoms with E-state index in [0.717, 1.165) is 22.0 Å². The van der Waals surface area contributed by atoms with Gasteiger partial charge in [0.1, 0.15) is 6.33 Å². The minimum absolute atomic E-state index is 0.370. The van der Waals surface area contributed by atoms with Gasteiger partial charge in [-0.2, -0.15) is 0 Å². The van der Waals surface area contributed by atoms with Crippen molar-refractivity contribution < 1.29 is 19.1 Å². The number of hydrogen-bond acceptors (Lipinski definition) is 7. The fraction of sp³-hybridized carbons (Fsp3) is 0.115. The number of thioether (sulfide) groups is 1. The number of aromatic nitrogens is 2. The molecule has 2 heterocycles. The van der Waals surface area contributed by atoms with Gasteiger partial charge in [0.2, 0.25) is 0 Å². The zero-order valence-corrected chi connectivity index (χ0v) is 23.2. The zero-order chi connectivity index (χ0) is 26.5. The van der Waals surface area contributed by atoms with Crippen LogP contribution in [0, 0.1) is 0 Å². The van der Waals surface area contributed by atoms with E-state index in [1.165, 1.54) is 23.1 Å². The lowest BCUT2D eigenvalue weighted by molar-refractivity contribution is -0.117. The number of rotatable bonds is 8. The predicted molar refractivity (Wildman–Crippen MR) is 154 cm³/mol. The Bertz CT molecular complexity index is 1510. The number of benzene rings is 2. The Morgan fingerprint density at radius 1 is 1.08 bits per heavy atom. The third-order valence-corrected chi connectivity index (χ3v) is 7.80. The molecule has 2 amide bonds. The molecule has 0 aliphatic heterocycles. The summed E-state index contributed by atoms with van der Waals surface area (Å²) in [6, 6.07) is 14.8. The van der Waals surface area contributed by atoms with Crippen LogP contribution >= 0.6 is 32.3 Å². The van der Waals surface area contributed by atoms with Crippen molar-refractivity contribution in [2.24, 2.45) is 0 Å². The van der Waals surface area contributed by atoms with Gasteiger partial charge in [-0.15, -0.1) is 20.6 Å². The Labute approximate surface area is 224 Å². The number of nitrogens with zero attached hydrogens (tertiary/aromatic N) is 2. The highest BCUT2D eigenvalue weighted by Crippen LogP contribution is 2.37. The van der Waals surface area contributed by atoms with E-state index in [1.807, 2.05) is 37.3 Å². The number of imidazole rings is 1. The number of carbonyl (C=O) groups excluding carboxylic acids is 2. The minimum atomic E-state index is -0.466. The molecule has 1 atom stereocenters. The van der Waals surface area contributed by atoms with Crippen LogP contribution in [0.3, 0.4) is 0 Å². The summed E-state index contributed by atoms with van der Waals surface area (Å²) in [6.45, 7) is 6.06. The molecule has 4 rings (SSSR count). The molecule has 0 aliphatic carbocycles. The van der Waals surface area contributed by atoms with Crippen molar-refractivity contribution in [2.45, 2.75) is 6.92 Å². The van der Waals surface area contributed by atoms with Crippen molar-refractivity contribution in [1.29, 1.82) is 0 Å². The number of ether oxygens (including phenoxy) is 2. The monoisotopic (exact) mass is 552 g/mol. The van der Waals surface area contributed by atoms with Crippen LogP contribution in [0.2, 0.25) is 0 Å². The van der Waals surface area contributed by atoms with Gasteiger partial charge >= 0.3 is 0 Å². The van der Waals surface area contributed by atoms with E-state index in [1.54, 1.807) is 48.7 Å². The van der Waals surface area contributed by atoms with E-state index in [0.29, 0.717) is 31.8 Å². The van der Waals surface area contributed by atoms with Crippen LogP contribution in [0.4, 0.5) is 0 Å². The number of allylic oxidation sites excluding steroid dienone is 1. The van der Waals surface area contributed by atoms with Crippen molar-refractivity contribution >= 4 is 71.1 Å². The molecule has 2 aromatic carbocycles. The number of hydrogen-bond donors (Lipinski definition) is 2. The van der Waals surface area contributed by atoms with E-state index in [9.17, 15) is 9.59 Å². The Kier molecular flexibility index (Phi) is 8.33. The van der Waals surface area contributed by atoms with Crippen molar-refractivity contribution in [2.75, 3.05) is 14.2 Å². The molecule has 1 unspecified atom stereocenters. The molecular formula is C26H25N4O4PS2. The van der Waals surface area contributed by atoms with Gasteiger partial charge in [-0.05, 0) is 40.9 Å². The largest absolute Gasteiger partial charge is 0.493 e. The number of thiophene rings is 1. The highest BCUT2D eigenvalue weighted by atomic mass is 32.2. The van der Waals surface area contributed by atoms with Gasteiger partial charge in [0.15, 0.2) is 11.5 Å². The molecule has 0 spiro atoms. The third kappa shape index (κ3) is 5.88. The molecule has 37 heavy (non-hydrogen) atoms. The first kappa shape index (κ1) is 26.5. The van der Waals surface area contributed by atoms with Crippen LogP contribution in [-0.2, 0) is 4.79 Å². The van der Waals surface area contributed by atoms with Gasteiger partial charge in [-0.3, -0.25) is 25.0 Å². The zero-order valence-electron chi connectivity index (χ0n) is 20.4. The summed E-state index contributed by atoms with van der Waals surface area (Å²) in [5, 5.41) is 3.31. The lowest BCUT2D eigenvalue weighted by Gasteiger charge is -2.16. The standard InChI is InChI=1S/C26H25N4O4PS2/c1-15(17-7-5-8-18(35)11-17)24(26(32)29-28-25(31)23-9-6-10-36-23)37-16(2)30-14-27-19-12-21(33-3)22(34-4)13-20(19)30/h5-14H,2,35H2,1,3-4H3,(H,28,31)(H,29,32)/b24-15+. The Morgan fingerprint density at radius 2 is 1.84 bits per heavy atom. The number of methoxy groups -OCH3 is 2. The minimum Gasteiger partial charge on any atom is -0.493 e. The topological polar surface area (TPSA) is 94.5 Å². The molecule has 0 bridgehead atoms. The summed E-state index contributed by atoms with van der Waals surface area (Å²) in [6.07, 6.45) is 1.63. The second kappa shape index (κ2) is 11.6. The Balaban J connectivity index is 1.67. The molecule has 2 N–H and O–H groups in total. The summed E-state index contributed by atoms with van der Waals surface area (Å²) in [5.74, 6) is 0.255. The summed E-state index contributed by atoms with van der Waals surface area (Å²) in [7, 11) is 5.78. The molecule has 8 nitrogen and oxygen atoms in total. The maximum Gasteiger partial charge on any atom is 0.279 e. The molecule has 0 aliphatic rings. The van der Waals surface area contributed by atoms with Gasteiger partial charge in [-0.25, -0.2) is 4.98 Å². The fourth-order valence-corrected chi connectivity index (χ4v) is 5.34. The maximum absolute atomic E-state index is 13.4. The van der Waals surface area contributed by atoms with Crippen molar-refractivity contribution in [1.82, 2.24) is 20.4 Å². The average Bonchev–Trinajstić information content (AvgIpc) is 3.59. The van der Waals surface area contributed by atoms with E-state index < -0.39 is 11.8 Å². The second-order valence-corrected chi connectivity index (χ2v) is 10.5. The number of nitrogens with one attached hydrogen (secondary N) is 2. The van der Waals surface area contributed by atoms with Gasteiger partial charge in [0, 0.05) is 12.1 Å². The summed E-state index contributed by atoms with van der Waals surface area (Å²) >= 11 is 2.46. The molecule has 0 fully saturated rings. The molecule has 0 saturated carbocycles. The van der Waals surface area contributed by atoms with Crippen LogP contribution < -0.4 is 25.6 Å². The lowest BCUT2D eigenvalue weighted by Crippen LogP contribution is -2.41. The quantitative estimate of drug-likeness (QED) is 0.188. The van der Waals surface area contributed by atoms with E-state index in [-0.39, 0.29) is 0 Å². The summed E-state index contributed by atoms with van der Waals surface area (Å²) in [4.78, 5) is 31.1. The Hall–Kier alpha value is -3.59. The molecule has 2 aromatic heterocycles. The second-order valence-electron chi connectivity index (χ2n) is 7.77. The SMILES string of the molecule is C=C(S/C(C(=O)NNC(=O)c1cccs1)=C(\C)c1cccc(P)c1)n1cnc2cc(OC)c(OC)cc21. The van der Waals surface area contributed by atoms with Crippen LogP contribution in [0.15, 0.2) is 71.7 Å². The van der Waals surface area contributed by atoms with Crippen LogP contribution in [0.25, 0.3) is 21.6 Å². The fourth-order valence-electron chi connectivity index (χ4n) is 3.54. The summed E-state index contributed by atoms with van der Waals surface area (Å²) < 4.78 is 12.6. The maximum atomic E-state index is 13.4. The van der Waals surface area contributed by atoms with Crippen molar-refractivity contribution in [3.8, 4) is 11.5 Å². The van der Waals surface area contributed by atoms with Crippen molar-refractivity contribution in [3.05, 3.63) is 82.2 Å². The van der Waals surface area contributed by atoms with Gasteiger partial charge in [-0.1, -0.05) is 42.6 Å².